The van der Waals surface area contributed by atoms with Crippen LogP contribution < -0.4 is 11.4 Å². The zero-order valence-electron chi connectivity index (χ0n) is 10.8. The van der Waals surface area contributed by atoms with Gasteiger partial charge in [-0.15, -0.1) is 0 Å². The number of nitrogen functional groups attached to an aromatic ring is 1. The standard InChI is InChI=1S/C12H18FN3O2/c1-4-8-7(2)12(3,13)10(18-8)16-6-5-9(14)15-11(16)17/h5-8,10H,4H2,1-3H3,(H2,14,15,17)/t7-,8-,10-,12-/m1/s1. The SMILES string of the molecule is CC[C@H]1O[C@@H](n2ccc(N)nc2=O)[C@](C)(F)[C@@H]1C. The molecule has 0 unspecified atom stereocenters. The quantitative estimate of drug-likeness (QED) is 0.869. The molecule has 2 rings (SSSR count). The fourth-order valence-electron chi connectivity index (χ4n) is 2.40. The van der Waals surface area contributed by atoms with Gasteiger partial charge in [0.05, 0.1) is 6.10 Å². The van der Waals surface area contributed by atoms with Crippen LogP contribution in [0.25, 0.3) is 0 Å². The Labute approximate surface area is 105 Å². The van der Waals surface area contributed by atoms with Crippen LogP contribution >= 0.6 is 0 Å². The second-order valence-electron chi connectivity index (χ2n) is 4.92. The molecule has 0 aromatic carbocycles. The number of rotatable bonds is 2. The largest absolute Gasteiger partial charge is 0.383 e. The van der Waals surface area contributed by atoms with Crippen molar-refractivity contribution in [3.63, 3.8) is 0 Å². The van der Waals surface area contributed by atoms with Gasteiger partial charge in [-0.05, 0) is 19.4 Å². The zero-order chi connectivity index (χ0) is 13.5. The highest BCUT2D eigenvalue weighted by atomic mass is 19.1. The summed E-state index contributed by atoms with van der Waals surface area (Å²) in [6.45, 7) is 5.19. The van der Waals surface area contributed by atoms with Crippen molar-refractivity contribution in [1.29, 1.82) is 0 Å². The molecule has 1 aliphatic heterocycles. The van der Waals surface area contributed by atoms with E-state index in [0.29, 0.717) is 6.42 Å². The minimum Gasteiger partial charge on any atom is -0.383 e. The molecular formula is C12H18FN3O2. The summed E-state index contributed by atoms with van der Waals surface area (Å²) in [7, 11) is 0. The Morgan fingerprint density at radius 1 is 1.67 bits per heavy atom. The van der Waals surface area contributed by atoms with Crippen molar-refractivity contribution in [3.8, 4) is 0 Å². The lowest BCUT2D eigenvalue weighted by molar-refractivity contribution is -0.0500. The van der Waals surface area contributed by atoms with E-state index in [4.69, 9.17) is 10.5 Å². The van der Waals surface area contributed by atoms with Gasteiger partial charge >= 0.3 is 5.69 Å². The molecule has 1 aromatic heterocycles. The van der Waals surface area contributed by atoms with Gasteiger partial charge in [-0.1, -0.05) is 13.8 Å². The number of nitrogens with zero attached hydrogens (tertiary/aromatic N) is 2. The fourth-order valence-corrected chi connectivity index (χ4v) is 2.40. The highest BCUT2D eigenvalue weighted by Crippen LogP contribution is 2.45. The van der Waals surface area contributed by atoms with Gasteiger partial charge in [0.2, 0.25) is 0 Å². The molecule has 1 saturated heterocycles. The zero-order valence-corrected chi connectivity index (χ0v) is 10.8. The Morgan fingerprint density at radius 2 is 2.33 bits per heavy atom. The second-order valence-corrected chi connectivity index (χ2v) is 4.92. The smallest absolute Gasteiger partial charge is 0.351 e. The minimum atomic E-state index is -1.61. The van der Waals surface area contributed by atoms with Crippen LogP contribution in [0.5, 0.6) is 0 Å². The third kappa shape index (κ3) is 1.90. The lowest BCUT2D eigenvalue weighted by Crippen LogP contribution is -2.38. The van der Waals surface area contributed by atoms with Gasteiger partial charge in [0.1, 0.15) is 5.82 Å². The normalized spacial score (nSPS) is 35.9. The summed E-state index contributed by atoms with van der Waals surface area (Å²) in [6, 6.07) is 1.46. The average Bonchev–Trinajstić information content (AvgIpc) is 2.52. The molecule has 0 radical (unpaired) electrons. The van der Waals surface area contributed by atoms with Gasteiger partial charge < -0.3 is 10.5 Å². The number of nitrogens with two attached hydrogens (primary N) is 1. The van der Waals surface area contributed by atoms with E-state index in [9.17, 15) is 9.18 Å². The number of hydrogen-bond donors (Lipinski definition) is 1. The summed E-state index contributed by atoms with van der Waals surface area (Å²) in [5.74, 6) is -0.160. The molecule has 6 heteroatoms. The molecule has 1 aromatic rings. The molecule has 0 saturated carbocycles. The number of anilines is 1. The topological polar surface area (TPSA) is 70.1 Å². The lowest BCUT2D eigenvalue weighted by Gasteiger charge is -2.25. The Balaban J connectivity index is 2.42. The van der Waals surface area contributed by atoms with Crippen molar-refractivity contribution in [2.45, 2.75) is 45.2 Å². The summed E-state index contributed by atoms with van der Waals surface area (Å²) in [5, 5.41) is 0. The average molecular weight is 255 g/mol. The molecule has 18 heavy (non-hydrogen) atoms. The first-order valence-corrected chi connectivity index (χ1v) is 6.07. The van der Waals surface area contributed by atoms with E-state index in [1.807, 2.05) is 6.92 Å². The van der Waals surface area contributed by atoms with Crippen molar-refractivity contribution in [2.75, 3.05) is 5.73 Å². The third-order valence-electron chi connectivity index (χ3n) is 3.74. The second kappa shape index (κ2) is 4.35. The van der Waals surface area contributed by atoms with E-state index in [0.717, 1.165) is 0 Å². The van der Waals surface area contributed by atoms with E-state index in [-0.39, 0.29) is 17.8 Å². The summed E-state index contributed by atoms with van der Waals surface area (Å²) < 4.78 is 21.5. The molecule has 2 N–H and O–H groups in total. The van der Waals surface area contributed by atoms with Gasteiger partial charge in [0, 0.05) is 12.1 Å². The van der Waals surface area contributed by atoms with Gasteiger partial charge in [-0.3, -0.25) is 4.57 Å². The third-order valence-corrected chi connectivity index (χ3v) is 3.74. The monoisotopic (exact) mass is 255 g/mol. The Kier molecular flexibility index (Phi) is 3.14. The molecule has 0 amide bonds. The van der Waals surface area contributed by atoms with E-state index in [1.165, 1.54) is 23.8 Å². The van der Waals surface area contributed by atoms with E-state index in [1.54, 1.807) is 6.92 Å². The van der Waals surface area contributed by atoms with Crippen LogP contribution in [0.4, 0.5) is 10.2 Å². The first-order chi connectivity index (χ1) is 8.37. The van der Waals surface area contributed by atoms with Crippen molar-refractivity contribution < 1.29 is 9.13 Å². The molecule has 5 nitrogen and oxygen atoms in total. The summed E-state index contributed by atoms with van der Waals surface area (Å²) in [4.78, 5) is 15.3. The predicted molar refractivity (Wildman–Crippen MR) is 65.8 cm³/mol. The Hall–Kier alpha value is -1.43. The predicted octanol–water partition coefficient (Wildman–Crippen LogP) is 1.50. The minimum absolute atomic E-state index is 0.120. The number of aromatic nitrogens is 2. The van der Waals surface area contributed by atoms with Crippen molar-refractivity contribution in [2.24, 2.45) is 5.92 Å². The molecule has 1 fully saturated rings. The van der Waals surface area contributed by atoms with Crippen LogP contribution in [0.15, 0.2) is 17.1 Å². The number of ether oxygens (including phenoxy) is 1. The maximum absolute atomic E-state index is 14.7. The van der Waals surface area contributed by atoms with E-state index >= 15 is 0 Å². The molecular weight excluding hydrogens is 237 g/mol. The Bertz CT molecular complexity index is 500. The van der Waals surface area contributed by atoms with Crippen molar-refractivity contribution in [3.05, 3.63) is 22.7 Å². The number of alkyl halides is 1. The molecule has 0 bridgehead atoms. The molecule has 2 heterocycles. The molecule has 0 aliphatic carbocycles. The van der Waals surface area contributed by atoms with Gasteiger partial charge in [0.25, 0.3) is 0 Å². The fraction of sp³-hybridized carbons (Fsp3) is 0.667. The highest BCUT2D eigenvalue weighted by Gasteiger charge is 2.52. The van der Waals surface area contributed by atoms with Crippen LogP contribution in [0, 0.1) is 5.92 Å². The van der Waals surface area contributed by atoms with E-state index in [2.05, 4.69) is 4.98 Å². The van der Waals surface area contributed by atoms with Crippen LogP contribution in [-0.2, 0) is 4.74 Å². The van der Waals surface area contributed by atoms with E-state index < -0.39 is 17.6 Å². The lowest BCUT2D eigenvalue weighted by atomic mass is 9.88. The summed E-state index contributed by atoms with van der Waals surface area (Å²) in [6.07, 6.45) is 0.985. The van der Waals surface area contributed by atoms with Crippen LogP contribution in [0.1, 0.15) is 33.4 Å². The summed E-state index contributed by atoms with van der Waals surface area (Å²) >= 11 is 0. The first-order valence-electron chi connectivity index (χ1n) is 6.07. The van der Waals surface area contributed by atoms with Crippen LogP contribution in [0.2, 0.25) is 0 Å². The first kappa shape index (κ1) is 13.0. The molecule has 100 valence electrons. The maximum Gasteiger partial charge on any atom is 0.351 e. The Morgan fingerprint density at radius 3 is 2.83 bits per heavy atom. The molecule has 1 aliphatic rings. The van der Waals surface area contributed by atoms with Gasteiger partial charge in [-0.2, -0.15) is 4.98 Å². The number of halogens is 1. The van der Waals surface area contributed by atoms with Crippen LogP contribution in [-0.4, -0.2) is 21.3 Å². The molecule has 0 spiro atoms. The van der Waals surface area contributed by atoms with Gasteiger partial charge in [-0.25, -0.2) is 9.18 Å². The van der Waals surface area contributed by atoms with Gasteiger partial charge in [0.15, 0.2) is 11.9 Å². The van der Waals surface area contributed by atoms with Crippen LogP contribution in [0.3, 0.4) is 0 Å². The summed E-state index contributed by atoms with van der Waals surface area (Å²) in [5.41, 5.74) is 3.22. The highest BCUT2D eigenvalue weighted by molar-refractivity contribution is 5.23. The van der Waals surface area contributed by atoms with Crippen molar-refractivity contribution in [1.82, 2.24) is 9.55 Å². The molecule has 4 atom stereocenters. The maximum atomic E-state index is 14.7. The number of hydrogen-bond acceptors (Lipinski definition) is 4. The van der Waals surface area contributed by atoms with Crippen molar-refractivity contribution >= 4 is 5.82 Å².